The van der Waals surface area contributed by atoms with Crippen molar-refractivity contribution in [1.29, 1.82) is 0 Å². The first-order chi connectivity index (χ1) is 10.6. The van der Waals surface area contributed by atoms with Crippen LogP contribution in [0.4, 0.5) is 26.3 Å². The Hall–Kier alpha value is -2.38. The molecule has 2 N–H and O–H groups in total. The van der Waals surface area contributed by atoms with Crippen LogP contribution in [0.15, 0.2) is 24.3 Å². The summed E-state index contributed by atoms with van der Waals surface area (Å²) in [6.07, 6.45) is -3.45. The van der Waals surface area contributed by atoms with Gasteiger partial charge in [-0.15, -0.1) is 0 Å². The van der Waals surface area contributed by atoms with E-state index in [1.54, 1.807) is 0 Å². The lowest BCUT2D eigenvalue weighted by atomic mass is 9.75. The molecule has 124 valence electrons. The van der Waals surface area contributed by atoms with Gasteiger partial charge in [0.05, 0.1) is 5.41 Å². The van der Waals surface area contributed by atoms with Gasteiger partial charge in [0.2, 0.25) is 11.6 Å². The van der Waals surface area contributed by atoms with Gasteiger partial charge in [-0.05, 0) is 24.6 Å². The number of hydrogen-bond donors (Lipinski definition) is 2. The molecule has 8 heteroatoms. The summed E-state index contributed by atoms with van der Waals surface area (Å²) in [5.74, 6) is -10.8. The molecule has 0 heterocycles. The van der Waals surface area contributed by atoms with Crippen LogP contribution in [0.25, 0.3) is 0 Å². The number of benzene rings is 2. The van der Waals surface area contributed by atoms with Gasteiger partial charge in [0, 0.05) is 5.56 Å². The van der Waals surface area contributed by atoms with Crippen LogP contribution in [-0.2, 0) is 5.41 Å². The molecule has 0 saturated heterocycles. The van der Waals surface area contributed by atoms with Gasteiger partial charge in [-0.3, -0.25) is 0 Å². The van der Waals surface area contributed by atoms with Gasteiger partial charge >= 0.3 is 0 Å². The maximum atomic E-state index is 14.0. The minimum Gasteiger partial charge on any atom is -0.508 e. The zero-order chi connectivity index (χ0) is 17.5. The van der Waals surface area contributed by atoms with Gasteiger partial charge in [-0.25, -0.2) is 17.6 Å². The van der Waals surface area contributed by atoms with Crippen molar-refractivity contribution in [2.24, 2.45) is 0 Å². The first kappa shape index (κ1) is 17.0. The molecule has 0 aliphatic carbocycles. The molecule has 0 saturated carbocycles. The summed E-state index contributed by atoms with van der Waals surface area (Å²) >= 11 is 0. The zero-order valence-corrected chi connectivity index (χ0v) is 11.5. The van der Waals surface area contributed by atoms with Crippen LogP contribution in [0.3, 0.4) is 0 Å². The van der Waals surface area contributed by atoms with Crippen molar-refractivity contribution in [2.75, 3.05) is 0 Å². The third-order valence-corrected chi connectivity index (χ3v) is 3.66. The van der Waals surface area contributed by atoms with E-state index in [4.69, 9.17) is 5.11 Å². The largest absolute Gasteiger partial charge is 0.508 e. The monoisotopic (exact) mass is 336 g/mol. The molecule has 0 fully saturated rings. The highest BCUT2D eigenvalue weighted by Gasteiger charge is 2.45. The molecule has 1 unspecified atom stereocenters. The average Bonchev–Trinajstić information content (AvgIpc) is 2.51. The van der Waals surface area contributed by atoms with Crippen LogP contribution < -0.4 is 0 Å². The van der Waals surface area contributed by atoms with E-state index < -0.39 is 46.4 Å². The topological polar surface area (TPSA) is 40.5 Å². The number of rotatable bonds is 3. The van der Waals surface area contributed by atoms with Gasteiger partial charge in [-0.1, -0.05) is 12.1 Å². The molecule has 0 radical (unpaired) electrons. The Morgan fingerprint density at radius 1 is 0.826 bits per heavy atom. The van der Waals surface area contributed by atoms with E-state index in [-0.39, 0.29) is 11.3 Å². The Balaban J connectivity index is 2.85. The van der Waals surface area contributed by atoms with E-state index in [2.05, 4.69) is 0 Å². The Morgan fingerprint density at radius 3 is 1.65 bits per heavy atom. The van der Waals surface area contributed by atoms with Gasteiger partial charge in [0.25, 0.3) is 6.43 Å². The average molecular weight is 336 g/mol. The second-order valence-corrected chi connectivity index (χ2v) is 5.03. The zero-order valence-electron chi connectivity index (χ0n) is 11.5. The van der Waals surface area contributed by atoms with Crippen molar-refractivity contribution in [1.82, 2.24) is 0 Å². The molecule has 0 aliphatic rings. The number of hydrogen-bond acceptors (Lipinski definition) is 2. The van der Waals surface area contributed by atoms with Crippen LogP contribution >= 0.6 is 0 Å². The summed E-state index contributed by atoms with van der Waals surface area (Å²) in [5.41, 5.74) is -4.68. The fourth-order valence-corrected chi connectivity index (χ4v) is 2.26. The number of alkyl halides is 2. The lowest BCUT2D eigenvalue weighted by Crippen LogP contribution is -2.35. The van der Waals surface area contributed by atoms with Crippen LogP contribution in [0.2, 0.25) is 0 Å². The Kier molecular flexibility index (Phi) is 4.19. The summed E-state index contributed by atoms with van der Waals surface area (Å²) in [4.78, 5) is 0. The SMILES string of the molecule is CC(c1ccc(O)cc1)(c1c(F)c(F)c(O)c(F)c1F)C(F)F. The first-order valence-corrected chi connectivity index (χ1v) is 6.25. The minimum absolute atomic E-state index is 0.297. The molecule has 2 aromatic carbocycles. The van der Waals surface area contributed by atoms with Crippen molar-refractivity contribution in [3.05, 3.63) is 58.7 Å². The lowest BCUT2D eigenvalue weighted by molar-refractivity contribution is 0.0754. The molecule has 0 amide bonds. The second-order valence-electron chi connectivity index (χ2n) is 5.03. The normalized spacial score (nSPS) is 14.1. The second kappa shape index (κ2) is 5.68. The highest BCUT2D eigenvalue weighted by Crippen LogP contribution is 2.43. The maximum absolute atomic E-state index is 14.0. The van der Waals surface area contributed by atoms with Crippen molar-refractivity contribution < 1.29 is 36.6 Å². The fourth-order valence-electron chi connectivity index (χ4n) is 2.26. The smallest absolute Gasteiger partial charge is 0.252 e. The number of phenols is 2. The number of halogens is 6. The van der Waals surface area contributed by atoms with Crippen LogP contribution in [0.5, 0.6) is 11.5 Å². The van der Waals surface area contributed by atoms with Crippen LogP contribution in [0.1, 0.15) is 18.1 Å². The van der Waals surface area contributed by atoms with E-state index in [0.717, 1.165) is 24.3 Å². The standard InChI is InChI=1S/C15H10F6O2/c1-15(14(20)21,6-2-4-7(22)5-3-6)8-9(16)11(18)13(23)12(19)10(8)17/h2-5,14,22-23H,1H3. The predicted octanol–water partition coefficient (Wildman–Crippen LogP) is 4.23. The summed E-state index contributed by atoms with van der Waals surface area (Å²) in [7, 11) is 0. The van der Waals surface area contributed by atoms with Crippen molar-refractivity contribution in [3.63, 3.8) is 0 Å². The molecule has 0 spiro atoms. The van der Waals surface area contributed by atoms with E-state index in [1.807, 2.05) is 0 Å². The van der Waals surface area contributed by atoms with E-state index in [0.29, 0.717) is 6.92 Å². The predicted molar refractivity (Wildman–Crippen MR) is 68.5 cm³/mol. The Labute approximate surface area is 126 Å². The van der Waals surface area contributed by atoms with Crippen molar-refractivity contribution in [3.8, 4) is 11.5 Å². The molecule has 0 aromatic heterocycles. The Morgan fingerprint density at radius 2 is 1.26 bits per heavy atom. The summed E-state index contributed by atoms with van der Waals surface area (Å²) in [5, 5.41) is 18.1. The van der Waals surface area contributed by atoms with Crippen molar-refractivity contribution >= 4 is 0 Å². The highest BCUT2D eigenvalue weighted by molar-refractivity contribution is 5.46. The van der Waals surface area contributed by atoms with E-state index in [9.17, 15) is 31.4 Å². The summed E-state index contributed by atoms with van der Waals surface area (Å²) in [6, 6.07) is 3.86. The van der Waals surface area contributed by atoms with Gasteiger partial charge in [-0.2, -0.15) is 8.78 Å². The molecule has 2 rings (SSSR count). The molecular weight excluding hydrogens is 326 g/mol. The molecule has 0 aliphatic heterocycles. The molecule has 2 aromatic rings. The van der Waals surface area contributed by atoms with Crippen LogP contribution in [-0.4, -0.2) is 16.6 Å². The van der Waals surface area contributed by atoms with E-state index in [1.165, 1.54) is 0 Å². The highest BCUT2D eigenvalue weighted by atomic mass is 19.3. The Bertz CT molecular complexity index is 716. The van der Waals surface area contributed by atoms with E-state index >= 15 is 0 Å². The van der Waals surface area contributed by atoms with Crippen molar-refractivity contribution in [2.45, 2.75) is 18.8 Å². The van der Waals surface area contributed by atoms with Gasteiger partial charge in [0.15, 0.2) is 17.4 Å². The molecule has 2 nitrogen and oxygen atoms in total. The molecule has 23 heavy (non-hydrogen) atoms. The summed E-state index contributed by atoms with van der Waals surface area (Å²) in [6.45, 7) is 0.696. The van der Waals surface area contributed by atoms with Gasteiger partial charge < -0.3 is 10.2 Å². The third kappa shape index (κ3) is 2.47. The summed E-state index contributed by atoms with van der Waals surface area (Å²) < 4.78 is 82.1. The number of aromatic hydroxyl groups is 2. The molecule has 0 bridgehead atoms. The van der Waals surface area contributed by atoms with Gasteiger partial charge in [0.1, 0.15) is 5.75 Å². The quantitative estimate of drug-likeness (QED) is 0.651. The van der Waals surface area contributed by atoms with Crippen LogP contribution in [0, 0.1) is 23.3 Å². The molecular formula is C15H10F6O2. The fraction of sp³-hybridized carbons (Fsp3) is 0.200. The maximum Gasteiger partial charge on any atom is 0.252 e. The molecule has 1 atom stereocenters. The number of phenolic OH excluding ortho intramolecular Hbond substituents is 2. The first-order valence-electron chi connectivity index (χ1n) is 6.25. The minimum atomic E-state index is -3.45. The third-order valence-electron chi connectivity index (χ3n) is 3.66. The lowest BCUT2D eigenvalue weighted by Gasteiger charge is -2.31.